The zero-order valence-corrected chi connectivity index (χ0v) is 12.7. The summed E-state index contributed by atoms with van der Waals surface area (Å²) in [5, 5.41) is 5.49. The van der Waals surface area contributed by atoms with Crippen LogP contribution >= 0.6 is 23.5 Å². The second-order valence-electron chi connectivity index (χ2n) is 3.99. The van der Waals surface area contributed by atoms with E-state index in [1.807, 2.05) is 43.6 Å². The normalized spacial score (nSPS) is 10.9. The molecule has 0 amide bonds. The van der Waals surface area contributed by atoms with Gasteiger partial charge in [0.1, 0.15) is 10.8 Å². The minimum Gasteiger partial charge on any atom is -0.373 e. The van der Waals surface area contributed by atoms with Crippen molar-refractivity contribution in [2.75, 3.05) is 18.6 Å². The molecule has 0 spiro atoms. The number of rotatable bonds is 4. The second kappa shape index (κ2) is 5.72. The van der Waals surface area contributed by atoms with Crippen molar-refractivity contribution in [3.05, 3.63) is 30.3 Å². The first kappa shape index (κ1) is 13.3. The van der Waals surface area contributed by atoms with Crippen molar-refractivity contribution in [3.8, 4) is 0 Å². The van der Waals surface area contributed by atoms with Gasteiger partial charge in [0.2, 0.25) is 0 Å². The molecule has 2 N–H and O–H groups in total. The summed E-state index contributed by atoms with van der Waals surface area (Å²) in [7, 11) is 1.85. The maximum absolute atomic E-state index is 4.54. The molecule has 0 fully saturated rings. The lowest BCUT2D eigenvalue weighted by molar-refractivity contribution is 0.893. The van der Waals surface area contributed by atoms with Crippen molar-refractivity contribution >= 4 is 40.4 Å². The molecule has 0 saturated carbocycles. The van der Waals surface area contributed by atoms with E-state index in [1.54, 1.807) is 0 Å². The number of nitrogens with zero attached hydrogens (tertiary/aromatic N) is 3. The number of para-hydroxylation sites is 2. The zero-order valence-electron chi connectivity index (χ0n) is 11.0. The SMILES string of the molecule is CNc1cc(Sc2nc3ccccc3[nH]2)nc(SC)n1. The highest BCUT2D eigenvalue weighted by atomic mass is 32.2. The molecule has 0 saturated heterocycles. The van der Waals surface area contributed by atoms with Gasteiger partial charge in [-0.25, -0.2) is 15.0 Å². The van der Waals surface area contributed by atoms with Crippen LogP contribution in [0, 0.1) is 0 Å². The van der Waals surface area contributed by atoms with Gasteiger partial charge in [0, 0.05) is 13.1 Å². The van der Waals surface area contributed by atoms with Gasteiger partial charge in [-0.2, -0.15) is 0 Å². The first-order valence-electron chi connectivity index (χ1n) is 6.02. The van der Waals surface area contributed by atoms with Gasteiger partial charge in [-0.3, -0.25) is 0 Å². The van der Waals surface area contributed by atoms with E-state index < -0.39 is 0 Å². The Morgan fingerprint density at radius 3 is 2.75 bits per heavy atom. The Morgan fingerprint density at radius 2 is 2.00 bits per heavy atom. The smallest absolute Gasteiger partial charge is 0.190 e. The zero-order chi connectivity index (χ0) is 13.9. The number of fused-ring (bicyclic) bond motifs is 1. The number of benzene rings is 1. The summed E-state index contributed by atoms with van der Waals surface area (Å²) in [5.41, 5.74) is 1.99. The largest absolute Gasteiger partial charge is 0.373 e. The number of hydrogen-bond donors (Lipinski definition) is 2. The molecule has 102 valence electrons. The van der Waals surface area contributed by atoms with Crippen molar-refractivity contribution in [1.29, 1.82) is 0 Å². The first-order chi connectivity index (χ1) is 9.78. The molecule has 1 aromatic carbocycles. The molecule has 20 heavy (non-hydrogen) atoms. The summed E-state index contributed by atoms with van der Waals surface area (Å²) in [5.74, 6) is 0.808. The average Bonchev–Trinajstić information content (AvgIpc) is 2.88. The third-order valence-electron chi connectivity index (χ3n) is 2.69. The summed E-state index contributed by atoms with van der Waals surface area (Å²) in [4.78, 5) is 16.7. The van der Waals surface area contributed by atoms with Gasteiger partial charge in [0.05, 0.1) is 11.0 Å². The molecule has 5 nitrogen and oxygen atoms in total. The fourth-order valence-corrected chi connectivity index (χ4v) is 3.00. The van der Waals surface area contributed by atoms with Crippen LogP contribution < -0.4 is 5.32 Å². The lowest BCUT2D eigenvalue weighted by Crippen LogP contribution is -1.96. The molecule has 0 aliphatic rings. The molecule has 0 aliphatic heterocycles. The van der Waals surface area contributed by atoms with Crippen molar-refractivity contribution in [1.82, 2.24) is 19.9 Å². The van der Waals surface area contributed by atoms with Gasteiger partial charge in [0.25, 0.3) is 0 Å². The summed E-state index contributed by atoms with van der Waals surface area (Å²) in [6, 6.07) is 9.89. The van der Waals surface area contributed by atoms with E-state index in [0.717, 1.165) is 32.2 Å². The quantitative estimate of drug-likeness (QED) is 0.438. The molecule has 2 heterocycles. The van der Waals surface area contributed by atoms with Crippen molar-refractivity contribution in [3.63, 3.8) is 0 Å². The maximum Gasteiger partial charge on any atom is 0.190 e. The van der Waals surface area contributed by atoms with Crippen LogP contribution in [0.5, 0.6) is 0 Å². The molecular weight excluding hydrogens is 290 g/mol. The Labute approximate surface area is 125 Å². The minimum absolute atomic E-state index is 0.746. The Hall–Kier alpha value is -1.73. The number of aromatic amines is 1. The maximum atomic E-state index is 4.54. The topological polar surface area (TPSA) is 66.5 Å². The van der Waals surface area contributed by atoms with Gasteiger partial charge in [-0.1, -0.05) is 23.9 Å². The summed E-state index contributed by atoms with van der Waals surface area (Å²) in [6.45, 7) is 0. The number of aromatic nitrogens is 4. The summed E-state index contributed by atoms with van der Waals surface area (Å²) >= 11 is 3.02. The van der Waals surface area contributed by atoms with E-state index in [-0.39, 0.29) is 0 Å². The van der Waals surface area contributed by atoms with E-state index >= 15 is 0 Å². The number of anilines is 1. The van der Waals surface area contributed by atoms with Crippen LogP contribution in [-0.4, -0.2) is 33.2 Å². The molecular formula is C13H13N5S2. The minimum atomic E-state index is 0.746. The molecule has 0 bridgehead atoms. The average molecular weight is 303 g/mol. The standard InChI is InChI=1S/C13H13N5S2/c1-14-10-7-11(18-12(17-10)19-2)20-13-15-8-5-3-4-6-9(8)16-13/h3-7H,1-2H3,(H,15,16)(H,14,17,18). The van der Waals surface area contributed by atoms with E-state index in [1.165, 1.54) is 23.5 Å². The molecule has 7 heteroatoms. The highest BCUT2D eigenvalue weighted by Crippen LogP contribution is 2.28. The van der Waals surface area contributed by atoms with Gasteiger partial charge >= 0.3 is 0 Å². The van der Waals surface area contributed by atoms with Crippen molar-refractivity contribution in [2.45, 2.75) is 15.3 Å². The van der Waals surface area contributed by atoms with Gasteiger partial charge < -0.3 is 10.3 Å². The van der Waals surface area contributed by atoms with Crippen molar-refractivity contribution in [2.24, 2.45) is 0 Å². The molecule has 0 aliphatic carbocycles. The molecule has 0 radical (unpaired) electrons. The van der Waals surface area contributed by atoms with Crippen LogP contribution in [0.3, 0.4) is 0 Å². The van der Waals surface area contributed by atoms with Gasteiger partial charge in [-0.05, 0) is 30.2 Å². The van der Waals surface area contributed by atoms with Crippen LogP contribution in [0.15, 0.2) is 45.7 Å². The summed E-state index contributed by atoms with van der Waals surface area (Å²) < 4.78 is 0. The van der Waals surface area contributed by atoms with E-state index in [9.17, 15) is 0 Å². The van der Waals surface area contributed by atoms with Gasteiger partial charge in [-0.15, -0.1) is 0 Å². The summed E-state index contributed by atoms with van der Waals surface area (Å²) in [6.07, 6.45) is 1.96. The Balaban J connectivity index is 1.93. The Morgan fingerprint density at radius 1 is 1.15 bits per heavy atom. The highest BCUT2D eigenvalue weighted by Gasteiger charge is 2.08. The van der Waals surface area contributed by atoms with Crippen LogP contribution in [0.25, 0.3) is 11.0 Å². The first-order valence-corrected chi connectivity index (χ1v) is 8.06. The fraction of sp³-hybridized carbons (Fsp3) is 0.154. The molecule has 3 rings (SSSR count). The van der Waals surface area contributed by atoms with E-state index in [4.69, 9.17) is 0 Å². The third kappa shape index (κ3) is 2.73. The third-order valence-corrected chi connectivity index (χ3v) is 4.04. The molecule has 0 unspecified atom stereocenters. The van der Waals surface area contributed by atoms with Crippen LogP contribution in [0.4, 0.5) is 5.82 Å². The predicted octanol–water partition coefficient (Wildman–Crippen LogP) is 3.27. The molecule has 3 aromatic rings. The molecule has 2 aromatic heterocycles. The number of hydrogen-bond acceptors (Lipinski definition) is 6. The van der Waals surface area contributed by atoms with E-state index in [2.05, 4.69) is 25.3 Å². The Kier molecular flexibility index (Phi) is 3.79. The monoisotopic (exact) mass is 303 g/mol. The van der Waals surface area contributed by atoms with Crippen molar-refractivity contribution < 1.29 is 0 Å². The predicted molar refractivity (Wildman–Crippen MR) is 83.6 cm³/mol. The lowest BCUT2D eigenvalue weighted by atomic mass is 10.3. The fourth-order valence-electron chi connectivity index (χ4n) is 1.75. The number of thioether (sulfide) groups is 1. The van der Waals surface area contributed by atoms with Crippen LogP contribution in [0.1, 0.15) is 0 Å². The highest BCUT2D eigenvalue weighted by molar-refractivity contribution is 7.99. The van der Waals surface area contributed by atoms with E-state index in [0.29, 0.717) is 0 Å². The number of nitrogens with one attached hydrogen (secondary N) is 2. The number of H-pyrrole nitrogens is 1. The molecule has 0 atom stereocenters. The van der Waals surface area contributed by atoms with Crippen LogP contribution in [-0.2, 0) is 0 Å². The Bertz CT molecular complexity index is 685. The second-order valence-corrected chi connectivity index (χ2v) is 5.77. The van der Waals surface area contributed by atoms with Crippen LogP contribution in [0.2, 0.25) is 0 Å². The number of imidazole rings is 1. The van der Waals surface area contributed by atoms with Gasteiger partial charge in [0.15, 0.2) is 10.3 Å². The lowest BCUT2D eigenvalue weighted by Gasteiger charge is -2.04.